The Morgan fingerprint density at radius 3 is 2.69 bits per heavy atom. The van der Waals surface area contributed by atoms with Crippen LogP contribution in [0.2, 0.25) is 0 Å². The van der Waals surface area contributed by atoms with Gasteiger partial charge in [-0.3, -0.25) is 4.79 Å². The van der Waals surface area contributed by atoms with Crippen molar-refractivity contribution in [2.75, 3.05) is 23.3 Å². The molecule has 1 amide bonds. The van der Waals surface area contributed by atoms with Crippen LogP contribution in [0.15, 0.2) is 18.3 Å². The Kier molecular flexibility index (Phi) is 2.09. The second kappa shape index (κ2) is 3.47. The molecular weight excluding hydrogens is 202 g/mol. The van der Waals surface area contributed by atoms with E-state index in [1.807, 2.05) is 12.1 Å². The third-order valence-electron chi connectivity index (χ3n) is 3.76. The maximum Gasteiger partial charge on any atom is 0.211 e. The number of anilines is 2. The van der Waals surface area contributed by atoms with Gasteiger partial charge in [0.25, 0.3) is 0 Å². The SMILES string of the molecule is O=CNc1ccc(N2CC3(CCC3)C2)nc1. The van der Waals surface area contributed by atoms with Crippen molar-refractivity contribution >= 4 is 17.9 Å². The molecule has 1 spiro atoms. The van der Waals surface area contributed by atoms with Crippen LogP contribution < -0.4 is 10.2 Å². The van der Waals surface area contributed by atoms with Gasteiger partial charge in [-0.15, -0.1) is 0 Å². The van der Waals surface area contributed by atoms with Crippen LogP contribution in [0.1, 0.15) is 19.3 Å². The van der Waals surface area contributed by atoms with E-state index in [4.69, 9.17) is 0 Å². The zero-order chi connectivity index (χ0) is 11.0. The van der Waals surface area contributed by atoms with Crippen molar-refractivity contribution in [3.8, 4) is 0 Å². The Morgan fingerprint density at radius 2 is 2.19 bits per heavy atom. The molecule has 2 aliphatic rings. The number of rotatable bonds is 3. The normalized spacial score (nSPS) is 21.1. The summed E-state index contributed by atoms with van der Waals surface area (Å²) in [5.41, 5.74) is 1.37. The topological polar surface area (TPSA) is 45.2 Å². The van der Waals surface area contributed by atoms with E-state index in [0.717, 1.165) is 24.6 Å². The fourth-order valence-corrected chi connectivity index (χ4v) is 2.64. The third kappa shape index (κ3) is 1.45. The molecule has 4 nitrogen and oxygen atoms in total. The second-order valence-electron chi connectivity index (χ2n) is 4.88. The van der Waals surface area contributed by atoms with E-state index >= 15 is 0 Å². The highest BCUT2D eigenvalue weighted by Gasteiger charge is 2.47. The fraction of sp³-hybridized carbons (Fsp3) is 0.500. The van der Waals surface area contributed by atoms with Gasteiger partial charge >= 0.3 is 0 Å². The van der Waals surface area contributed by atoms with Crippen LogP contribution in [0.4, 0.5) is 11.5 Å². The maximum atomic E-state index is 10.2. The molecule has 84 valence electrons. The van der Waals surface area contributed by atoms with Crippen molar-refractivity contribution < 1.29 is 4.79 Å². The van der Waals surface area contributed by atoms with Gasteiger partial charge in [-0.2, -0.15) is 0 Å². The minimum atomic E-state index is 0.626. The summed E-state index contributed by atoms with van der Waals surface area (Å²) in [7, 11) is 0. The van der Waals surface area contributed by atoms with Crippen molar-refractivity contribution in [3.05, 3.63) is 18.3 Å². The fourth-order valence-electron chi connectivity index (χ4n) is 2.64. The van der Waals surface area contributed by atoms with Crippen LogP contribution in [0.5, 0.6) is 0 Å². The van der Waals surface area contributed by atoms with Gasteiger partial charge < -0.3 is 10.2 Å². The molecule has 0 atom stereocenters. The highest BCUT2D eigenvalue weighted by molar-refractivity contribution is 5.71. The lowest BCUT2D eigenvalue weighted by Gasteiger charge is -2.56. The molecule has 3 rings (SSSR count). The minimum Gasteiger partial charge on any atom is -0.355 e. The average Bonchev–Trinajstić information content (AvgIpc) is 2.16. The molecule has 1 aliphatic heterocycles. The lowest BCUT2D eigenvalue weighted by Crippen LogP contribution is -2.60. The monoisotopic (exact) mass is 217 g/mol. The van der Waals surface area contributed by atoms with E-state index in [2.05, 4.69) is 15.2 Å². The van der Waals surface area contributed by atoms with Gasteiger partial charge in [0.05, 0.1) is 11.9 Å². The first-order valence-electron chi connectivity index (χ1n) is 5.73. The number of aromatic nitrogens is 1. The molecule has 4 heteroatoms. The molecule has 1 aromatic rings. The van der Waals surface area contributed by atoms with E-state index in [9.17, 15) is 4.79 Å². The Labute approximate surface area is 94.7 Å². The number of pyridine rings is 1. The van der Waals surface area contributed by atoms with Gasteiger partial charge in [0.15, 0.2) is 0 Å². The molecule has 1 aromatic heterocycles. The maximum absolute atomic E-state index is 10.2. The number of amides is 1. The molecule has 2 heterocycles. The lowest BCUT2D eigenvalue weighted by molar-refractivity contribution is -0.105. The molecule has 0 unspecified atom stereocenters. The number of carbonyl (C=O) groups is 1. The highest BCUT2D eigenvalue weighted by Crippen LogP contribution is 2.49. The van der Waals surface area contributed by atoms with Crippen LogP contribution in [-0.2, 0) is 4.79 Å². The summed E-state index contributed by atoms with van der Waals surface area (Å²) < 4.78 is 0. The first-order chi connectivity index (χ1) is 7.81. The van der Waals surface area contributed by atoms with Crippen LogP contribution in [-0.4, -0.2) is 24.5 Å². The number of carbonyl (C=O) groups excluding carboxylic acids is 1. The van der Waals surface area contributed by atoms with E-state index < -0.39 is 0 Å². The van der Waals surface area contributed by atoms with Gasteiger partial charge in [-0.1, -0.05) is 6.42 Å². The Balaban J connectivity index is 1.65. The van der Waals surface area contributed by atoms with Crippen molar-refractivity contribution in [2.45, 2.75) is 19.3 Å². The quantitative estimate of drug-likeness (QED) is 0.783. The Morgan fingerprint density at radius 1 is 1.38 bits per heavy atom. The van der Waals surface area contributed by atoms with Gasteiger partial charge in [0.2, 0.25) is 6.41 Å². The summed E-state index contributed by atoms with van der Waals surface area (Å²) in [6.45, 7) is 2.31. The summed E-state index contributed by atoms with van der Waals surface area (Å²) in [4.78, 5) is 16.9. The summed E-state index contributed by atoms with van der Waals surface area (Å²) >= 11 is 0. The van der Waals surface area contributed by atoms with E-state index in [1.54, 1.807) is 6.20 Å². The smallest absolute Gasteiger partial charge is 0.211 e. The van der Waals surface area contributed by atoms with Crippen LogP contribution in [0, 0.1) is 5.41 Å². The molecule has 1 saturated heterocycles. The van der Waals surface area contributed by atoms with Crippen LogP contribution >= 0.6 is 0 Å². The summed E-state index contributed by atoms with van der Waals surface area (Å²) in [6, 6.07) is 3.86. The van der Waals surface area contributed by atoms with E-state index in [0.29, 0.717) is 11.8 Å². The minimum absolute atomic E-state index is 0.626. The zero-order valence-corrected chi connectivity index (χ0v) is 9.15. The molecule has 0 bridgehead atoms. The molecule has 0 aromatic carbocycles. The summed E-state index contributed by atoms with van der Waals surface area (Å²) in [5, 5.41) is 2.59. The second-order valence-corrected chi connectivity index (χ2v) is 4.88. The molecule has 1 saturated carbocycles. The van der Waals surface area contributed by atoms with E-state index in [1.165, 1.54) is 19.3 Å². The number of nitrogens with zero attached hydrogens (tertiary/aromatic N) is 2. The van der Waals surface area contributed by atoms with Gasteiger partial charge in [-0.05, 0) is 25.0 Å². The standard InChI is InChI=1S/C12H15N3O/c16-9-14-10-2-3-11(13-6-10)15-7-12(8-15)4-1-5-12/h2-3,6,9H,1,4-5,7-8H2,(H,14,16). The average molecular weight is 217 g/mol. The van der Waals surface area contributed by atoms with Gasteiger partial charge in [0.1, 0.15) is 5.82 Å². The van der Waals surface area contributed by atoms with Crippen molar-refractivity contribution in [3.63, 3.8) is 0 Å². The van der Waals surface area contributed by atoms with Crippen molar-refractivity contribution in [1.29, 1.82) is 0 Å². The van der Waals surface area contributed by atoms with Crippen LogP contribution in [0.3, 0.4) is 0 Å². The van der Waals surface area contributed by atoms with E-state index in [-0.39, 0.29) is 0 Å². The number of nitrogens with one attached hydrogen (secondary N) is 1. The molecular formula is C12H15N3O. The molecule has 1 N–H and O–H groups in total. The first-order valence-corrected chi connectivity index (χ1v) is 5.73. The summed E-state index contributed by atoms with van der Waals surface area (Å²) in [5.74, 6) is 1.02. The predicted molar refractivity (Wildman–Crippen MR) is 62.4 cm³/mol. The van der Waals surface area contributed by atoms with Crippen molar-refractivity contribution in [1.82, 2.24) is 4.98 Å². The Hall–Kier alpha value is -1.58. The van der Waals surface area contributed by atoms with Gasteiger partial charge in [-0.25, -0.2) is 4.98 Å². The molecule has 0 radical (unpaired) electrons. The Bertz CT molecular complexity index is 389. The zero-order valence-electron chi connectivity index (χ0n) is 9.15. The van der Waals surface area contributed by atoms with Crippen LogP contribution in [0.25, 0.3) is 0 Å². The lowest BCUT2D eigenvalue weighted by atomic mass is 9.63. The largest absolute Gasteiger partial charge is 0.355 e. The molecule has 16 heavy (non-hydrogen) atoms. The predicted octanol–water partition coefficient (Wildman–Crippen LogP) is 1.64. The molecule has 1 aliphatic carbocycles. The molecule has 2 fully saturated rings. The number of hydrogen-bond acceptors (Lipinski definition) is 3. The van der Waals surface area contributed by atoms with Crippen molar-refractivity contribution in [2.24, 2.45) is 5.41 Å². The number of hydrogen-bond donors (Lipinski definition) is 1. The summed E-state index contributed by atoms with van der Waals surface area (Å²) in [6.07, 6.45) is 6.53. The van der Waals surface area contributed by atoms with Gasteiger partial charge in [0, 0.05) is 18.5 Å². The highest BCUT2D eigenvalue weighted by atomic mass is 16.1. The third-order valence-corrected chi connectivity index (χ3v) is 3.76. The first kappa shape index (κ1) is 9.63.